The normalized spacial score (nSPS) is 11.6. The van der Waals surface area contributed by atoms with Gasteiger partial charge in [0.15, 0.2) is 5.69 Å². The highest BCUT2D eigenvalue weighted by molar-refractivity contribution is 7.12. The number of nitrogens with zero attached hydrogens (tertiary/aromatic N) is 6. The van der Waals surface area contributed by atoms with Gasteiger partial charge in [0.05, 0.1) is 12.3 Å². The second kappa shape index (κ2) is 9.83. The van der Waals surface area contributed by atoms with Crippen LogP contribution >= 0.6 is 11.3 Å². The van der Waals surface area contributed by atoms with E-state index in [1.807, 2.05) is 33.8 Å². The maximum Gasteiger partial charge on any atom is 0.294 e. The van der Waals surface area contributed by atoms with Crippen LogP contribution in [0.1, 0.15) is 46.1 Å². The molecule has 11 nitrogen and oxygen atoms in total. The van der Waals surface area contributed by atoms with Crippen molar-refractivity contribution in [1.82, 2.24) is 30.7 Å². The molecule has 12 heteroatoms. The molecule has 0 atom stereocenters. The summed E-state index contributed by atoms with van der Waals surface area (Å²) >= 11 is 1.67. The molecule has 0 unspecified atom stereocenters. The number of carbonyl (C=O) groups excluding carboxylic acids is 1. The van der Waals surface area contributed by atoms with Crippen molar-refractivity contribution in [1.29, 1.82) is 0 Å². The Bertz CT molecular complexity index is 1340. The highest BCUT2D eigenvalue weighted by Gasteiger charge is 2.25. The number of anilines is 1. The van der Waals surface area contributed by atoms with Crippen LogP contribution < -0.4 is 15.9 Å². The molecule has 0 spiro atoms. The minimum Gasteiger partial charge on any atom is -0.494 e. The number of ether oxygens (including phenoxy) is 1. The highest BCUT2D eigenvalue weighted by Crippen LogP contribution is 2.28. The Morgan fingerprint density at radius 3 is 2.65 bits per heavy atom. The quantitative estimate of drug-likeness (QED) is 0.288. The van der Waals surface area contributed by atoms with E-state index in [-0.39, 0.29) is 17.3 Å². The molecule has 3 aromatic heterocycles. The van der Waals surface area contributed by atoms with Gasteiger partial charge in [-0.2, -0.15) is 9.78 Å². The molecule has 0 aliphatic heterocycles. The summed E-state index contributed by atoms with van der Waals surface area (Å²) in [7, 11) is 0. The fourth-order valence-electron chi connectivity index (χ4n) is 3.35. The van der Waals surface area contributed by atoms with Crippen molar-refractivity contribution in [2.75, 3.05) is 12.3 Å². The molecule has 1 amide bonds. The van der Waals surface area contributed by atoms with E-state index in [9.17, 15) is 4.79 Å². The molecule has 176 valence electrons. The summed E-state index contributed by atoms with van der Waals surface area (Å²) < 4.78 is 11.7. The number of hydrazone groups is 1. The molecule has 0 aliphatic carbocycles. The number of aryl methyl sites for hydroxylation is 2. The molecule has 3 heterocycles. The van der Waals surface area contributed by atoms with E-state index in [1.54, 1.807) is 35.6 Å². The summed E-state index contributed by atoms with van der Waals surface area (Å²) in [5, 5.41) is 19.8. The first kappa shape index (κ1) is 23.1. The number of rotatable bonds is 8. The third-order valence-corrected chi connectivity index (χ3v) is 5.90. The van der Waals surface area contributed by atoms with E-state index in [4.69, 9.17) is 15.1 Å². The molecule has 4 rings (SSSR count). The lowest BCUT2D eigenvalue weighted by Crippen LogP contribution is -2.21. The average molecular weight is 481 g/mol. The molecular formula is C22H24N8O3S. The van der Waals surface area contributed by atoms with Crippen LogP contribution in [0, 0.1) is 13.8 Å². The van der Waals surface area contributed by atoms with Crippen molar-refractivity contribution in [2.45, 2.75) is 34.1 Å². The lowest BCUT2D eigenvalue weighted by molar-refractivity contribution is 0.0950. The molecule has 3 N–H and O–H groups in total. The maximum absolute atomic E-state index is 13.1. The van der Waals surface area contributed by atoms with Gasteiger partial charge in [0.2, 0.25) is 11.6 Å². The number of nitrogen functional groups attached to an aromatic ring is 1. The predicted molar refractivity (Wildman–Crippen MR) is 128 cm³/mol. The number of hydrogen-bond acceptors (Lipinski definition) is 10. The zero-order valence-electron chi connectivity index (χ0n) is 19.2. The average Bonchev–Trinajstić information content (AvgIpc) is 3.53. The summed E-state index contributed by atoms with van der Waals surface area (Å²) in [4.78, 5) is 15.4. The second-order valence-corrected chi connectivity index (χ2v) is 8.97. The second-order valence-electron chi connectivity index (χ2n) is 7.51. The number of benzene rings is 1. The number of hydrogen-bond donors (Lipinski definition) is 2. The number of nitrogens with two attached hydrogens (primary N) is 1. The Morgan fingerprint density at radius 1 is 1.26 bits per heavy atom. The Kier molecular flexibility index (Phi) is 6.68. The standard InChI is InChI=1S/C22H24N8O3S/c1-5-10-32-16-8-6-15(7-9-16)19-18(25-29-30(19)21-20(23)27-33-28-21)22(31)26-24-13(3)17-11-12(2)34-14(17)4/h6-9,11H,5,10H2,1-4H3,(H2,23,27)(H,26,31)/b24-13+. The Morgan fingerprint density at radius 2 is 2.03 bits per heavy atom. The van der Waals surface area contributed by atoms with Gasteiger partial charge < -0.3 is 10.5 Å². The van der Waals surface area contributed by atoms with Crippen LogP contribution in [0.25, 0.3) is 17.1 Å². The van der Waals surface area contributed by atoms with E-state index in [2.05, 4.69) is 31.2 Å². The van der Waals surface area contributed by atoms with Crippen LogP contribution in [0.2, 0.25) is 0 Å². The van der Waals surface area contributed by atoms with E-state index < -0.39 is 5.91 Å². The molecule has 0 saturated carbocycles. The molecule has 0 radical (unpaired) electrons. The number of carbonyl (C=O) groups is 1. The fourth-order valence-corrected chi connectivity index (χ4v) is 4.32. The summed E-state index contributed by atoms with van der Waals surface area (Å²) in [6.07, 6.45) is 0.894. The SMILES string of the molecule is CCCOc1ccc(-c2c(C(=O)N/N=C(\C)c3cc(C)sc3C)nnn2-c2nonc2N)cc1. The van der Waals surface area contributed by atoms with Crippen LogP contribution in [0.3, 0.4) is 0 Å². The lowest BCUT2D eigenvalue weighted by Gasteiger charge is -2.08. The summed E-state index contributed by atoms with van der Waals surface area (Å²) in [6, 6.07) is 9.24. The third kappa shape index (κ3) is 4.66. The van der Waals surface area contributed by atoms with Gasteiger partial charge >= 0.3 is 0 Å². The maximum atomic E-state index is 13.1. The van der Waals surface area contributed by atoms with Crippen LogP contribution in [-0.4, -0.2) is 43.5 Å². The van der Waals surface area contributed by atoms with Gasteiger partial charge in [-0.3, -0.25) is 4.79 Å². The fraction of sp³-hybridized carbons (Fsp3) is 0.273. The monoisotopic (exact) mass is 480 g/mol. The van der Waals surface area contributed by atoms with Gasteiger partial charge in [0, 0.05) is 20.9 Å². The van der Waals surface area contributed by atoms with Crippen LogP contribution in [0.4, 0.5) is 5.82 Å². The molecule has 0 fully saturated rings. The number of amides is 1. The predicted octanol–water partition coefficient (Wildman–Crippen LogP) is 3.52. The number of aromatic nitrogens is 5. The Labute approximate surface area is 199 Å². The Hall–Kier alpha value is -4.06. The first-order chi connectivity index (χ1) is 16.4. The van der Waals surface area contributed by atoms with Gasteiger partial charge in [0.25, 0.3) is 5.91 Å². The molecule has 1 aromatic carbocycles. The zero-order valence-corrected chi connectivity index (χ0v) is 20.0. The summed E-state index contributed by atoms with van der Waals surface area (Å²) in [6.45, 7) is 8.52. The molecule has 0 bridgehead atoms. The lowest BCUT2D eigenvalue weighted by atomic mass is 10.1. The summed E-state index contributed by atoms with van der Waals surface area (Å²) in [5.41, 5.74) is 11.2. The van der Waals surface area contributed by atoms with Crippen LogP contribution in [-0.2, 0) is 0 Å². The van der Waals surface area contributed by atoms with Crippen molar-refractivity contribution >= 4 is 28.8 Å². The van der Waals surface area contributed by atoms with Gasteiger partial charge in [0.1, 0.15) is 11.4 Å². The Balaban J connectivity index is 1.69. The van der Waals surface area contributed by atoms with E-state index in [0.717, 1.165) is 16.9 Å². The zero-order chi connectivity index (χ0) is 24.2. The van der Waals surface area contributed by atoms with E-state index >= 15 is 0 Å². The number of thiophene rings is 1. The van der Waals surface area contributed by atoms with E-state index in [0.29, 0.717) is 29.3 Å². The van der Waals surface area contributed by atoms with Crippen molar-refractivity contribution in [3.63, 3.8) is 0 Å². The molecule has 34 heavy (non-hydrogen) atoms. The smallest absolute Gasteiger partial charge is 0.294 e. The van der Waals surface area contributed by atoms with Crippen LogP contribution in [0.15, 0.2) is 40.1 Å². The first-order valence-electron chi connectivity index (χ1n) is 10.6. The van der Waals surface area contributed by atoms with Gasteiger partial charge in [-0.15, -0.1) is 16.4 Å². The molecule has 0 saturated heterocycles. The van der Waals surface area contributed by atoms with Crippen molar-refractivity contribution in [3.05, 3.63) is 51.3 Å². The molecule has 0 aliphatic rings. The van der Waals surface area contributed by atoms with Crippen molar-refractivity contribution < 1.29 is 14.2 Å². The molecule has 4 aromatic rings. The third-order valence-electron chi connectivity index (χ3n) is 4.94. The minimum atomic E-state index is -0.536. The summed E-state index contributed by atoms with van der Waals surface area (Å²) in [5.74, 6) is 0.307. The van der Waals surface area contributed by atoms with Crippen molar-refractivity contribution in [2.24, 2.45) is 5.10 Å². The van der Waals surface area contributed by atoms with Gasteiger partial charge in [-0.25, -0.2) is 10.1 Å². The van der Waals surface area contributed by atoms with E-state index in [1.165, 1.54) is 9.56 Å². The van der Waals surface area contributed by atoms with Gasteiger partial charge in [-0.05, 0) is 67.8 Å². The number of nitrogens with one attached hydrogen (secondary N) is 1. The van der Waals surface area contributed by atoms with Crippen molar-refractivity contribution in [3.8, 4) is 22.8 Å². The highest BCUT2D eigenvalue weighted by atomic mass is 32.1. The first-order valence-corrected chi connectivity index (χ1v) is 11.4. The van der Waals surface area contributed by atoms with Gasteiger partial charge in [-0.1, -0.05) is 12.1 Å². The topological polar surface area (TPSA) is 146 Å². The molecular weight excluding hydrogens is 456 g/mol. The van der Waals surface area contributed by atoms with Crippen LogP contribution in [0.5, 0.6) is 5.75 Å². The largest absolute Gasteiger partial charge is 0.494 e. The minimum absolute atomic E-state index is 0.0122.